The fourth-order valence-corrected chi connectivity index (χ4v) is 4.00. The average molecular weight is 526 g/mol. The van der Waals surface area contributed by atoms with Gasteiger partial charge in [0.15, 0.2) is 11.0 Å². The van der Waals surface area contributed by atoms with Crippen molar-refractivity contribution in [2.75, 3.05) is 18.2 Å². The summed E-state index contributed by atoms with van der Waals surface area (Å²) in [6.45, 7) is 4.29. The first-order chi connectivity index (χ1) is 17.4. The minimum atomic E-state index is -0.489. The zero-order chi connectivity index (χ0) is 25.9. The molecule has 0 aliphatic carbocycles. The fraction of sp³-hybridized carbons (Fsp3) is 0.160. The van der Waals surface area contributed by atoms with Gasteiger partial charge in [-0.05, 0) is 35.9 Å². The second kappa shape index (κ2) is 13.3. The Balaban J connectivity index is 1.57. The number of carbonyl (C=O) groups excluding carboxylic acids is 3. The molecule has 36 heavy (non-hydrogen) atoms. The summed E-state index contributed by atoms with van der Waals surface area (Å²) in [5, 5.41) is 14.8. The number of anilines is 1. The largest absolute Gasteiger partial charge is 0.465 e. The molecular weight excluding hydrogens is 502 g/mol. The van der Waals surface area contributed by atoms with Gasteiger partial charge in [0.25, 0.3) is 0 Å². The van der Waals surface area contributed by atoms with Gasteiger partial charge in [-0.15, -0.1) is 16.8 Å². The van der Waals surface area contributed by atoms with E-state index in [9.17, 15) is 14.4 Å². The Kier molecular flexibility index (Phi) is 9.84. The SMILES string of the molecule is C=CCn1c(CNC(=O)/C=C/c2ccccc2Cl)nnc1SCC(=O)Nc1cccc(C(=O)OC)c1. The number of carbonyl (C=O) groups is 3. The number of hydrogen-bond acceptors (Lipinski definition) is 7. The van der Waals surface area contributed by atoms with E-state index in [1.807, 2.05) is 18.2 Å². The molecule has 1 aromatic heterocycles. The van der Waals surface area contributed by atoms with Crippen LogP contribution in [-0.4, -0.2) is 45.4 Å². The van der Waals surface area contributed by atoms with Crippen molar-refractivity contribution >= 4 is 52.9 Å². The van der Waals surface area contributed by atoms with E-state index in [2.05, 4.69) is 27.4 Å². The Bertz CT molecular complexity index is 1290. The lowest BCUT2D eigenvalue weighted by atomic mass is 10.2. The topological polar surface area (TPSA) is 115 Å². The maximum absolute atomic E-state index is 12.4. The Morgan fingerprint density at radius 3 is 2.72 bits per heavy atom. The third-order valence-electron chi connectivity index (χ3n) is 4.75. The van der Waals surface area contributed by atoms with E-state index in [1.165, 1.54) is 31.0 Å². The van der Waals surface area contributed by atoms with Crippen molar-refractivity contribution in [1.82, 2.24) is 20.1 Å². The molecule has 0 unspecified atom stereocenters. The zero-order valence-corrected chi connectivity index (χ0v) is 21.0. The molecule has 0 atom stereocenters. The summed E-state index contributed by atoms with van der Waals surface area (Å²) < 4.78 is 6.46. The second-order valence-corrected chi connectivity index (χ2v) is 8.63. The monoisotopic (exact) mass is 525 g/mol. The molecule has 11 heteroatoms. The lowest BCUT2D eigenvalue weighted by Gasteiger charge is -2.09. The fourth-order valence-electron chi connectivity index (χ4n) is 3.04. The van der Waals surface area contributed by atoms with Gasteiger partial charge in [0.1, 0.15) is 0 Å². The van der Waals surface area contributed by atoms with E-state index in [4.69, 9.17) is 16.3 Å². The predicted molar refractivity (Wildman–Crippen MR) is 140 cm³/mol. The number of methoxy groups -OCH3 is 1. The van der Waals surface area contributed by atoms with Crippen LogP contribution in [0.3, 0.4) is 0 Å². The second-order valence-electron chi connectivity index (χ2n) is 7.28. The molecule has 2 N–H and O–H groups in total. The van der Waals surface area contributed by atoms with E-state index in [0.29, 0.717) is 33.8 Å². The van der Waals surface area contributed by atoms with Gasteiger partial charge >= 0.3 is 5.97 Å². The molecule has 2 aromatic carbocycles. The number of benzene rings is 2. The van der Waals surface area contributed by atoms with Crippen molar-refractivity contribution in [2.24, 2.45) is 0 Å². The normalized spacial score (nSPS) is 10.7. The van der Waals surface area contributed by atoms with Gasteiger partial charge in [0, 0.05) is 23.3 Å². The van der Waals surface area contributed by atoms with Gasteiger partial charge in [-0.25, -0.2) is 4.79 Å². The van der Waals surface area contributed by atoms with Crippen LogP contribution in [0.15, 0.2) is 72.4 Å². The number of aromatic nitrogens is 3. The molecule has 0 aliphatic rings. The first kappa shape index (κ1) is 26.7. The summed E-state index contributed by atoms with van der Waals surface area (Å²) in [6.07, 6.45) is 4.70. The molecule has 0 radical (unpaired) electrons. The Morgan fingerprint density at radius 2 is 1.97 bits per heavy atom. The summed E-state index contributed by atoms with van der Waals surface area (Å²) >= 11 is 7.29. The number of ether oxygens (including phenoxy) is 1. The molecule has 3 aromatic rings. The number of allylic oxidation sites excluding steroid dienone is 1. The minimum absolute atomic E-state index is 0.0602. The highest BCUT2D eigenvalue weighted by Crippen LogP contribution is 2.19. The molecule has 0 saturated carbocycles. The van der Waals surface area contributed by atoms with Gasteiger partial charge in [0.05, 0.1) is 25.0 Å². The zero-order valence-electron chi connectivity index (χ0n) is 19.4. The molecule has 0 saturated heterocycles. The molecular formula is C25H24ClN5O4S. The van der Waals surface area contributed by atoms with Gasteiger partial charge in [-0.3, -0.25) is 9.59 Å². The summed E-state index contributed by atoms with van der Waals surface area (Å²) in [7, 11) is 1.29. The molecule has 0 fully saturated rings. The summed E-state index contributed by atoms with van der Waals surface area (Å²) in [6, 6.07) is 13.7. The number of rotatable bonds is 11. The molecule has 1 heterocycles. The van der Waals surface area contributed by atoms with E-state index < -0.39 is 5.97 Å². The maximum Gasteiger partial charge on any atom is 0.337 e. The van der Waals surface area contributed by atoms with Crippen LogP contribution in [0.2, 0.25) is 5.02 Å². The number of esters is 1. The molecule has 3 rings (SSSR count). The van der Waals surface area contributed by atoms with Crippen molar-refractivity contribution in [2.45, 2.75) is 18.2 Å². The lowest BCUT2D eigenvalue weighted by Crippen LogP contribution is -2.23. The standard InChI is InChI=1S/C25H24ClN5O4S/c1-3-13-31-21(15-27-22(32)12-11-17-7-4-5-10-20(17)26)29-30-25(31)36-16-23(33)28-19-9-6-8-18(14-19)24(34)35-2/h3-12,14H,1,13,15-16H2,2H3,(H,27,32)(H,28,33)/b12-11+. The average Bonchev–Trinajstić information content (AvgIpc) is 3.27. The lowest BCUT2D eigenvalue weighted by molar-refractivity contribution is -0.116. The van der Waals surface area contributed by atoms with Gasteiger partial charge in [-0.2, -0.15) is 0 Å². The van der Waals surface area contributed by atoms with Gasteiger partial charge in [-0.1, -0.05) is 53.7 Å². The van der Waals surface area contributed by atoms with Crippen LogP contribution >= 0.6 is 23.4 Å². The summed E-state index contributed by atoms with van der Waals surface area (Å²) in [4.78, 5) is 36.4. The van der Waals surface area contributed by atoms with Crippen LogP contribution < -0.4 is 10.6 Å². The molecule has 9 nitrogen and oxygen atoms in total. The van der Waals surface area contributed by atoms with Crippen molar-refractivity contribution in [3.05, 3.63) is 89.2 Å². The van der Waals surface area contributed by atoms with Crippen LogP contribution in [0, 0.1) is 0 Å². The highest BCUT2D eigenvalue weighted by atomic mass is 35.5. The van der Waals surface area contributed by atoms with E-state index in [-0.39, 0.29) is 24.1 Å². The van der Waals surface area contributed by atoms with Crippen LogP contribution in [0.4, 0.5) is 5.69 Å². The smallest absolute Gasteiger partial charge is 0.337 e. The third kappa shape index (κ3) is 7.56. The number of nitrogens with zero attached hydrogens (tertiary/aromatic N) is 3. The Labute approximate surface area is 217 Å². The number of amides is 2. The number of hydrogen-bond donors (Lipinski definition) is 2. The highest BCUT2D eigenvalue weighted by molar-refractivity contribution is 7.99. The van der Waals surface area contributed by atoms with E-state index >= 15 is 0 Å². The Morgan fingerprint density at radius 1 is 1.17 bits per heavy atom. The summed E-state index contributed by atoms with van der Waals surface area (Å²) in [5.41, 5.74) is 1.55. The summed E-state index contributed by atoms with van der Waals surface area (Å²) in [5.74, 6) is -0.509. The maximum atomic E-state index is 12.4. The first-order valence-corrected chi connectivity index (χ1v) is 12.1. The van der Waals surface area contributed by atoms with Crippen LogP contribution in [-0.2, 0) is 27.4 Å². The Hall–Kier alpha value is -3.89. The number of thioether (sulfide) groups is 1. The molecule has 2 amide bonds. The van der Waals surface area contributed by atoms with E-state index in [0.717, 1.165) is 5.56 Å². The quantitative estimate of drug-likeness (QED) is 0.168. The minimum Gasteiger partial charge on any atom is -0.465 e. The van der Waals surface area contributed by atoms with E-state index in [1.54, 1.807) is 41.0 Å². The van der Waals surface area contributed by atoms with Crippen LogP contribution in [0.1, 0.15) is 21.7 Å². The molecule has 0 aliphatic heterocycles. The van der Waals surface area contributed by atoms with Crippen molar-refractivity contribution < 1.29 is 19.1 Å². The third-order valence-corrected chi connectivity index (χ3v) is 6.06. The van der Waals surface area contributed by atoms with Crippen LogP contribution in [0.25, 0.3) is 6.08 Å². The van der Waals surface area contributed by atoms with Crippen molar-refractivity contribution in [3.8, 4) is 0 Å². The highest BCUT2D eigenvalue weighted by Gasteiger charge is 2.15. The molecule has 186 valence electrons. The first-order valence-electron chi connectivity index (χ1n) is 10.8. The number of halogens is 1. The van der Waals surface area contributed by atoms with Crippen molar-refractivity contribution in [3.63, 3.8) is 0 Å². The van der Waals surface area contributed by atoms with Crippen LogP contribution in [0.5, 0.6) is 0 Å². The van der Waals surface area contributed by atoms with Gasteiger partial charge in [0.2, 0.25) is 11.8 Å². The molecule has 0 bridgehead atoms. The predicted octanol–water partition coefficient (Wildman–Crippen LogP) is 3.96. The van der Waals surface area contributed by atoms with Crippen molar-refractivity contribution in [1.29, 1.82) is 0 Å². The number of nitrogens with one attached hydrogen (secondary N) is 2. The van der Waals surface area contributed by atoms with Gasteiger partial charge < -0.3 is 19.9 Å². The molecule has 0 spiro atoms.